The van der Waals surface area contributed by atoms with Crippen molar-refractivity contribution in [2.45, 2.75) is 23.9 Å². The third-order valence-electron chi connectivity index (χ3n) is 7.21. The van der Waals surface area contributed by atoms with Crippen molar-refractivity contribution in [2.75, 3.05) is 32.1 Å². The molecule has 0 aliphatic rings. The number of rotatable bonds is 13. The van der Waals surface area contributed by atoms with E-state index in [0.29, 0.717) is 16.3 Å². The molecule has 4 rings (SSSR count). The molecule has 4 aromatic rings. The summed E-state index contributed by atoms with van der Waals surface area (Å²) in [5.74, 6) is -1.34. The molecule has 13 heteroatoms. The largest absolute Gasteiger partial charge is 0.493 e. The van der Waals surface area contributed by atoms with E-state index in [-0.39, 0.29) is 34.3 Å². The van der Waals surface area contributed by atoms with Gasteiger partial charge in [0.1, 0.15) is 18.4 Å². The van der Waals surface area contributed by atoms with Gasteiger partial charge in [-0.3, -0.25) is 13.9 Å². The topological polar surface area (TPSA) is 105 Å². The van der Waals surface area contributed by atoms with Crippen LogP contribution < -0.4 is 19.1 Å². The fourth-order valence-corrected chi connectivity index (χ4v) is 6.69. The molecule has 0 unspecified atom stereocenters. The van der Waals surface area contributed by atoms with E-state index >= 15 is 0 Å². The summed E-state index contributed by atoms with van der Waals surface area (Å²) in [6.45, 7) is -0.886. The predicted molar refractivity (Wildman–Crippen MR) is 175 cm³/mol. The Balaban J connectivity index is 1.82. The van der Waals surface area contributed by atoms with Crippen LogP contribution in [-0.4, -0.2) is 59.0 Å². The summed E-state index contributed by atoms with van der Waals surface area (Å²) >= 11 is 12.6. The quantitative estimate of drug-likeness (QED) is 0.193. The average Bonchev–Trinajstić information content (AvgIpc) is 3.06. The first-order chi connectivity index (χ1) is 22.0. The van der Waals surface area contributed by atoms with Gasteiger partial charge in [0.25, 0.3) is 10.0 Å². The predicted octanol–water partition coefficient (Wildman–Crippen LogP) is 5.73. The zero-order valence-corrected chi connectivity index (χ0v) is 27.6. The van der Waals surface area contributed by atoms with Gasteiger partial charge in [-0.15, -0.1) is 0 Å². The molecule has 4 aromatic carbocycles. The molecule has 0 aromatic heterocycles. The van der Waals surface area contributed by atoms with Crippen LogP contribution in [0.25, 0.3) is 0 Å². The Morgan fingerprint density at radius 2 is 1.57 bits per heavy atom. The smallest absolute Gasteiger partial charge is 0.264 e. The van der Waals surface area contributed by atoms with E-state index < -0.39 is 40.2 Å². The summed E-state index contributed by atoms with van der Waals surface area (Å²) in [6.07, 6.45) is 0.121. The number of methoxy groups -OCH3 is 2. The first kappa shape index (κ1) is 34.6. The minimum atomic E-state index is -4.47. The van der Waals surface area contributed by atoms with E-state index in [2.05, 4.69) is 5.32 Å². The van der Waals surface area contributed by atoms with Crippen molar-refractivity contribution in [3.8, 4) is 11.5 Å². The summed E-state index contributed by atoms with van der Waals surface area (Å²) in [5, 5.41) is 3.25. The van der Waals surface area contributed by atoms with Crippen LogP contribution in [0.4, 0.5) is 10.1 Å². The van der Waals surface area contributed by atoms with Crippen LogP contribution in [0.3, 0.4) is 0 Å². The van der Waals surface area contributed by atoms with E-state index in [1.165, 1.54) is 62.6 Å². The molecular weight excluding hydrogens is 656 g/mol. The van der Waals surface area contributed by atoms with Gasteiger partial charge in [0.2, 0.25) is 11.8 Å². The number of nitrogens with one attached hydrogen (secondary N) is 1. The fourth-order valence-electron chi connectivity index (χ4n) is 4.79. The van der Waals surface area contributed by atoms with E-state index in [1.54, 1.807) is 12.1 Å². The Hall–Kier alpha value is -4.32. The first-order valence-electron chi connectivity index (χ1n) is 14.0. The molecule has 0 heterocycles. The first-order valence-corrected chi connectivity index (χ1v) is 16.2. The Kier molecular flexibility index (Phi) is 11.5. The fraction of sp³-hybridized carbons (Fsp3) is 0.212. The summed E-state index contributed by atoms with van der Waals surface area (Å²) in [5.41, 5.74) is 1.27. The van der Waals surface area contributed by atoms with Crippen molar-refractivity contribution in [3.05, 3.63) is 118 Å². The van der Waals surface area contributed by atoms with Gasteiger partial charge in [-0.05, 0) is 59.7 Å². The number of hydrogen-bond donors (Lipinski definition) is 1. The molecule has 0 aliphatic heterocycles. The van der Waals surface area contributed by atoms with Gasteiger partial charge < -0.3 is 19.7 Å². The third kappa shape index (κ3) is 8.09. The number of hydrogen-bond acceptors (Lipinski definition) is 6. The SMILES string of the molecule is CNC(=O)[C@H](Cc1ccccc1)N(Cc1ccc(Cl)cc1Cl)C(=O)CN(c1ccc(F)cc1)S(=O)(=O)c1ccc(OC)c(OC)c1. The Morgan fingerprint density at radius 3 is 2.17 bits per heavy atom. The number of anilines is 1. The number of benzene rings is 4. The zero-order valence-electron chi connectivity index (χ0n) is 25.2. The van der Waals surface area contributed by atoms with Crippen LogP contribution in [0.2, 0.25) is 10.0 Å². The third-order valence-corrected chi connectivity index (χ3v) is 9.57. The highest BCUT2D eigenvalue weighted by Crippen LogP contribution is 2.33. The number of ether oxygens (including phenoxy) is 2. The van der Waals surface area contributed by atoms with Gasteiger partial charge in [-0.1, -0.05) is 59.6 Å². The van der Waals surface area contributed by atoms with Crippen molar-refractivity contribution < 1.29 is 31.9 Å². The summed E-state index contributed by atoms with van der Waals surface area (Å²) < 4.78 is 53.8. The molecule has 1 N–H and O–H groups in total. The molecule has 1 atom stereocenters. The monoisotopic (exact) mass is 687 g/mol. The highest BCUT2D eigenvalue weighted by molar-refractivity contribution is 7.92. The average molecular weight is 689 g/mol. The van der Waals surface area contributed by atoms with Gasteiger partial charge in [0, 0.05) is 36.1 Å². The molecule has 242 valence electrons. The molecule has 0 spiro atoms. The highest BCUT2D eigenvalue weighted by Gasteiger charge is 2.35. The highest BCUT2D eigenvalue weighted by atomic mass is 35.5. The zero-order chi connectivity index (χ0) is 33.4. The van der Waals surface area contributed by atoms with Gasteiger partial charge in [0.05, 0.1) is 24.8 Å². The van der Waals surface area contributed by atoms with E-state index in [1.807, 2.05) is 30.3 Å². The van der Waals surface area contributed by atoms with Crippen LogP contribution in [0.1, 0.15) is 11.1 Å². The lowest BCUT2D eigenvalue weighted by Crippen LogP contribution is -2.53. The Labute approximate surface area is 277 Å². The van der Waals surface area contributed by atoms with Crippen molar-refractivity contribution in [1.82, 2.24) is 10.2 Å². The number of carbonyl (C=O) groups excluding carboxylic acids is 2. The molecule has 0 radical (unpaired) electrons. The lowest BCUT2D eigenvalue weighted by atomic mass is 10.0. The van der Waals surface area contributed by atoms with Crippen molar-refractivity contribution in [1.29, 1.82) is 0 Å². The summed E-state index contributed by atoms with van der Waals surface area (Å²) in [4.78, 5) is 28.8. The Morgan fingerprint density at radius 1 is 0.891 bits per heavy atom. The summed E-state index contributed by atoms with van der Waals surface area (Å²) in [6, 6.07) is 21.4. The maximum atomic E-state index is 14.4. The molecule has 0 aliphatic carbocycles. The lowest BCUT2D eigenvalue weighted by molar-refractivity contribution is -0.139. The number of nitrogens with zero attached hydrogens (tertiary/aromatic N) is 2. The maximum absolute atomic E-state index is 14.4. The molecule has 46 heavy (non-hydrogen) atoms. The van der Waals surface area contributed by atoms with Crippen molar-refractivity contribution in [2.24, 2.45) is 0 Å². The minimum absolute atomic E-state index is 0.0218. The number of likely N-dealkylation sites (N-methyl/N-ethyl adjacent to an activating group) is 1. The second kappa shape index (κ2) is 15.3. The van der Waals surface area contributed by atoms with Gasteiger partial charge in [-0.25, -0.2) is 12.8 Å². The second-order valence-electron chi connectivity index (χ2n) is 10.1. The lowest BCUT2D eigenvalue weighted by Gasteiger charge is -2.33. The second-order valence-corrected chi connectivity index (χ2v) is 12.8. The molecule has 2 amide bonds. The van der Waals surface area contributed by atoms with Gasteiger partial charge in [-0.2, -0.15) is 0 Å². The van der Waals surface area contributed by atoms with Crippen LogP contribution in [0.15, 0.2) is 95.9 Å². The molecule has 0 fully saturated rings. The molecule has 0 saturated carbocycles. The van der Waals surface area contributed by atoms with Crippen LogP contribution in [-0.2, 0) is 32.6 Å². The molecule has 9 nitrogen and oxygen atoms in total. The molecule has 0 saturated heterocycles. The van der Waals surface area contributed by atoms with Crippen LogP contribution in [0, 0.1) is 5.82 Å². The van der Waals surface area contributed by atoms with Gasteiger partial charge >= 0.3 is 0 Å². The van der Waals surface area contributed by atoms with E-state index in [0.717, 1.165) is 22.0 Å². The number of halogens is 3. The van der Waals surface area contributed by atoms with E-state index in [9.17, 15) is 22.4 Å². The van der Waals surface area contributed by atoms with Crippen LogP contribution >= 0.6 is 23.2 Å². The Bertz CT molecular complexity index is 1790. The number of amides is 2. The summed E-state index contributed by atoms with van der Waals surface area (Å²) in [7, 11) is -0.243. The molecule has 0 bridgehead atoms. The normalized spacial score (nSPS) is 11.8. The van der Waals surface area contributed by atoms with Crippen LogP contribution in [0.5, 0.6) is 11.5 Å². The van der Waals surface area contributed by atoms with E-state index in [4.69, 9.17) is 32.7 Å². The molecular formula is C33H32Cl2FN3O6S. The number of sulfonamides is 1. The van der Waals surface area contributed by atoms with Crippen molar-refractivity contribution in [3.63, 3.8) is 0 Å². The van der Waals surface area contributed by atoms with Crippen molar-refractivity contribution >= 4 is 50.7 Å². The van der Waals surface area contributed by atoms with Gasteiger partial charge in [0.15, 0.2) is 11.5 Å². The minimum Gasteiger partial charge on any atom is -0.493 e. The number of carbonyl (C=O) groups is 2. The maximum Gasteiger partial charge on any atom is 0.264 e. The standard InChI is InChI=1S/C33H32Cl2FN3O6S/c1-37-33(41)29(17-22-7-5-4-6-8-22)38(20-23-9-10-24(34)18-28(23)35)32(40)21-39(26-13-11-25(36)12-14-26)46(42,43)27-15-16-30(44-2)31(19-27)45-3/h4-16,18-19,29H,17,20-21H2,1-3H3,(H,37,41)/t29-/m0/s1.